The topological polar surface area (TPSA) is 32.8 Å². The first-order valence-corrected chi connectivity index (χ1v) is 11.0. The van der Waals surface area contributed by atoms with Crippen LogP contribution < -0.4 is 0 Å². The molecule has 30 heavy (non-hydrogen) atoms. The highest BCUT2D eigenvalue weighted by Crippen LogP contribution is 2.42. The Balaban J connectivity index is 1.46. The Kier molecular flexibility index (Phi) is 4.81. The Hall–Kier alpha value is -2.40. The number of rotatable bonds is 2. The van der Waals surface area contributed by atoms with Gasteiger partial charge in [-0.3, -0.25) is 9.80 Å². The van der Waals surface area contributed by atoms with E-state index >= 15 is 0 Å². The third-order valence-corrected chi connectivity index (χ3v) is 7.41. The average molecular weight is 409 g/mol. The van der Waals surface area contributed by atoms with Gasteiger partial charge in [-0.1, -0.05) is 36.4 Å². The Labute approximate surface area is 177 Å². The maximum Gasteiger partial charge on any atom is 0.410 e. The van der Waals surface area contributed by atoms with Crippen molar-refractivity contribution in [3.05, 3.63) is 71.0 Å². The number of nitrogens with zero attached hydrogens (tertiary/aromatic N) is 2. The third-order valence-electron chi connectivity index (χ3n) is 7.41. The summed E-state index contributed by atoms with van der Waals surface area (Å²) in [5.41, 5.74) is 3.10. The van der Waals surface area contributed by atoms with E-state index in [9.17, 15) is 9.18 Å². The molecule has 0 aromatic heterocycles. The molecule has 0 saturated carbocycles. The molecule has 4 nitrogen and oxygen atoms in total. The lowest BCUT2D eigenvalue weighted by atomic mass is 9.74. The Morgan fingerprint density at radius 3 is 2.43 bits per heavy atom. The van der Waals surface area contributed by atoms with Crippen molar-refractivity contribution in [2.75, 3.05) is 19.6 Å². The van der Waals surface area contributed by atoms with Crippen molar-refractivity contribution in [3.8, 4) is 0 Å². The zero-order valence-corrected chi connectivity index (χ0v) is 17.7. The smallest absolute Gasteiger partial charge is 0.410 e. The molecule has 0 radical (unpaired) electrons. The van der Waals surface area contributed by atoms with Gasteiger partial charge in [-0.05, 0) is 75.0 Å². The first kappa shape index (κ1) is 19.6. The highest BCUT2D eigenvalue weighted by atomic mass is 19.1. The van der Waals surface area contributed by atoms with E-state index in [1.54, 1.807) is 12.1 Å². The molecule has 2 aromatic carbocycles. The summed E-state index contributed by atoms with van der Waals surface area (Å²) in [4.78, 5) is 17.8. The van der Waals surface area contributed by atoms with Crippen LogP contribution in [0.3, 0.4) is 0 Å². The van der Waals surface area contributed by atoms with Gasteiger partial charge in [0.25, 0.3) is 0 Å². The molecule has 6 rings (SSSR count). The monoisotopic (exact) mass is 408 g/mol. The number of fused-ring (bicyclic) bond motifs is 4. The normalized spacial score (nSPS) is 29.4. The van der Waals surface area contributed by atoms with Crippen molar-refractivity contribution in [1.29, 1.82) is 0 Å². The van der Waals surface area contributed by atoms with E-state index in [0.717, 1.165) is 43.5 Å². The predicted molar refractivity (Wildman–Crippen MR) is 114 cm³/mol. The van der Waals surface area contributed by atoms with Crippen molar-refractivity contribution in [3.63, 3.8) is 0 Å². The number of hydrogen-bond donors (Lipinski definition) is 0. The molecule has 3 saturated heterocycles. The molecule has 2 atom stereocenters. The number of carbonyl (C=O) groups is 1. The van der Waals surface area contributed by atoms with Crippen LogP contribution in [0, 0.1) is 11.7 Å². The zero-order chi connectivity index (χ0) is 20.9. The maximum atomic E-state index is 13.6. The van der Waals surface area contributed by atoms with Gasteiger partial charge < -0.3 is 4.74 Å². The highest BCUT2D eigenvalue weighted by molar-refractivity contribution is 5.70. The van der Waals surface area contributed by atoms with Gasteiger partial charge in [-0.2, -0.15) is 0 Å². The summed E-state index contributed by atoms with van der Waals surface area (Å²) in [5, 5.41) is 0. The van der Waals surface area contributed by atoms with Gasteiger partial charge in [-0.25, -0.2) is 9.18 Å². The second kappa shape index (κ2) is 7.38. The summed E-state index contributed by atoms with van der Waals surface area (Å²) >= 11 is 0. The largest absolute Gasteiger partial charge is 0.444 e. The number of amides is 1. The third kappa shape index (κ3) is 3.20. The van der Waals surface area contributed by atoms with Crippen LogP contribution in [0.15, 0.2) is 48.5 Å². The van der Waals surface area contributed by atoms with Gasteiger partial charge in [0.15, 0.2) is 0 Å². The van der Waals surface area contributed by atoms with Gasteiger partial charge in [0.1, 0.15) is 11.9 Å². The minimum Gasteiger partial charge on any atom is -0.444 e. The van der Waals surface area contributed by atoms with Crippen LogP contribution in [0.25, 0.3) is 0 Å². The Bertz CT molecular complexity index is 934. The molecule has 2 bridgehead atoms. The van der Waals surface area contributed by atoms with Crippen molar-refractivity contribution in [2.45, 2.75) is 50.8 Å². The fourth-order valence-corrected chi connectivity index (χ4v) is 5.72. The first-order chi connectivity index (χ1) is 14.4. The molecule has 0 N–H and O–H groups in total. The molecular weight excluding hydrogens is 379 g/mol. The maximum absolute atomic E-state index is 13.6. The average Bonchev–Trinajstić information content (AvgIpc) is 2.76. The van der Waals surface area contributed by atoms with E-state index in [4.69, 9.17) is 4.74 Å². The Morgan fingerprint density at radius 1 is 1.03 bits per heavy atom. The zero-order valence-electron chi connectivity index (χ0n) is 17.7. The van der Waals surface area contributed by atoms with Gasteiger partial charge >= 0.3 is 6.09 Å². The molecular formula is C25H29FN2O2. The fourth-order valence-electron chi connectivity index (χ4n) is 5.72. The quantitative estimate of drug-likeness (QED) is 0.717. The van der Waals surface area contributed by atoms with Crippen molar-refractivity contribution in [1.82, 2.24) is 9.80 Å². The summed E-state index contributed by atoms with van der Waals surface area (Å²) in [7, 11) is 0. The van der Waals surface area contributed by atoms with Gasteiger partial charge in [-0.15, -0.1) is 0 Å². The summed E-state index contributed by atoms with van der Waals surface area (Å²) in [6.07, 6.45) is 2.62. The number of piperidine rings is 3. The minimum absolute atomic E-state index is 0.0986. The summed E-state index contributed by atoms with van der Waals surface area (Å²) in [5.74, 6) is 0.154. The van der Waals surface area contributed by atoms with Gasteiger partial charge in [0, 0.05) is 12.5 Å². The van der Waals surface area contributed by atoms with Crippen LogP contribution in [-0.4, -0.2) is 47.2 Å². The molecule has 0 unspecified atom stereocenters. The number of halogens is 1. The second-order valence-corrected chi connectivity index (χ2v) is 9.38. The molecule has 0 spiro atoms. The predicted octanol–water partition coefficient (Wildman–Crippen LogP) is 4.78. The number of ether oxygens (including phenoxy) is 1. The Morgan fingerprint density at radius 2 is 1.73 bits per heavy atom. The van der Waals surface area contributed by atoms with Crippen LogP contribution in [0.5, 0.6) is 0 Å². The number of hydrogen-bond acceptors (Lipinski definition) is 3. The van der Waals surface area contributed by atoms with Gasteiger partial charge in [0.2, 0.25) is 0 Å². The van der Waals surface area contributed by atoms with E-state index in [0.29, 0.717) is 12.5 Å². The highest BCUT2D eigenvalue weighted by Gasteiger charge is 2.50. The molecule has 0 aliphatic carbocycles. The van der Waals surface area contributed by atoms with Crippen LogP contribution in [-0.2, 0) is 11.2 Å². The SMILES string of the molecule is CC1(C)[C@H](OC(=O)N2CCc3ccccc3[C@@H]2c2ccc(F)cc2)C2CCN1CC2. The molecule has 4 heterocycles. The van der Waals surface area contributed by atoms with Gasteiger partial charge in [0.05, 0.1) is 11.6 Å². The lowest BCUT2D eigenvalue weighted by Gasteiger charge is -2.55. The molecule has 4 aliphatic rings. The lowest BCUT2D eigenvalue weighted by Crippen LogP contribution is -2.65. The van der Waals surface area contributed by atoms with E-state index in [1.165, 1.54) is 17.7 Å². The summed E-state index contributed by atoms with van der Waals surface area (Å²) < 4.78 is 19.8. The van der Waals surface area contributed by atoms with E-state index in [1.807, 2.05) is 17.0 Å². The first-order valence-electron chi connectivity index (χ1n) is 11.0. The second-order valence-electron chi connectivity index (χ2n) is 9.38. The molecule has 5 heteroatoms. The molecule has 4 aliphatic heterocycles. The number of carbonyl (C=O) groups excluding carboxylic acids is 1. The van der Waals surface area contributed by atoms with E-state index in [2.05, 4.69) is 30.9 Å². The van der Waals surface area contributed by atoms with Crippen LogP contribution in [0.2, 0.25) is 0 Å². The summed E-state index contributed by atoms with van der Waals surface area (Å²) in [6.45, 7) is 7.15. The van der Waals surface area contributed by atoms with Crippen molar-refractivity contribution < 1.29 is 13.9 Å². The molecule has 3 fully saturated rings. The lowest BCUT2D eigenvalue weighted by molar-refractivity contribution is -0.126. The minimum atomic E-state index is -0.272. The van der Waals surface area contributed by atoms with E-state index < -0.39 is 0 Å². The summed E-state index contributed by atoms with van der Waals surface area (Å²) in [6, 6.07) is 14.4. The van der Waals surface area contributed by atoms with E-state index in [-0.39, 0.29) is 29.6 Å². The number of benzene rings is 2. The van der Waals surface area contributed by atoms with Crippen LogP contribution in [0.4, 0.5) is 9.18 Å². The van der Waals surface area contributed by atoms with Crippen LogP contribution in [0.1, 0.15) is 49.4 Å². The van der Waals surface area contributed by atoms with Crippen LogP contribution >= 0.6 is 0 Å². The van der Waals surface area contributed by atoms with Crippen molar-refractivity contribution >= 4 is 6.09 Å². The molecule has 1 amide bonds. The molecule has 158 valence electrons. The fraction of sp³-hybridized carbons (Fsp3) is 0.480. The van der Waals surface area contributed by atoms with Crippen molar-refractivity contribution in [2.24, 2.45) is 5.92 Å². The standard InChI is InChI=1S/C25H29FN2O2/c1-25(2)23(19-11-14-27(25)15-12-19)30-24(29)28-16-13-17-5-3-4-6-21(17)22(28)18-7-9-20(26)10-8-18/h3-10,19,22-23H,11-16H2,1-2H3/t22-,23+/m0/s1. The molecule has 2 aromatic rings.